The van der Waals surface area contributed by atoms with Crippen molar-refractivity contribution in [1.82, 2.24) is 9.80 Å². The van der Waals surface area contributed by atoms with E-state index in [1.54, 1.807) is 7.11 Å². The lowest BCUT2D eigenvalue weighted by atomic mass is 9.82. The standard InChI is InChI=1S/C26H35ClN4O2/c1-19(2)29-13-15-30(16-14-29)23-10-6-9-22(27)24(23)28-25(32)31-12-11-26(3,18-31)20-7-5-8-21(17-20)33-4/h5-10,17,19H,11-16,18H2,1-4H3,(H,28,32)/t26-/m0/s1. The van der Waals surface area contributed by atoms with Crippen LogP contribution in [0.25, 0.3) is 0 Å². The van der Waals surface area contributed by atoms with Crippen LogP contribution in [0.15, 0.2) is 42.5 Å². The fourth-order valence-corrected chi connectivity index (χ4v) is 5.15. The molecule has 0 bridgehead atoms. The molecule has 2 amide bonds. The van der Waals surface area contributed by atoms with Gasteiger partial charge in [-0.2, -0.15) is 0 Å². The van der Waals surface area contributed by atoms with Crippen molar-refractivity contribution in [2.45, 2.75) is 38.6 Å². The maximum Gasteiger partial charge on any atom is 0.321 e. The highest BCUT2D eigenvalue weighted by Gasteiger charge is 2.38. The van der Waals surface area contributed by atoms with Crippen LogP contribution in [0.2, 0.25) is 5.02 Å². The van der Waals surface area contributed by atoms with Gasteiger partial charge < -0.3 is 19.9 Å². The Bertz CT molecular complexity index is 990. The molecule has 2 aliphatic rings. The van der Waals surface area contributed by atoms with E-state index >= 15 is 0 Å². The summed E-state index contributed by atoms with van der Waals surface area (Å²) in [6.07, 6.45) is 0.903. The minimum atomic E-state index is -0.109. The maximum absolute atomic E-state index is 13.3. The summed E-state index contributed by atoms with van der Waals surface area (Å²) in [5, 5.41) is 3.71. The van der Waals surface area contributed by atoms with Crippen LogP contribution >= 0.6 is 11.6 Å². The zero-order valence-corrected chi connectivity index (χ0v) is 20.9. The van der Waals surface area contributed by atoms with Gasteiger partial charge in [-0.1, -0.05) is 36.7 Å². The molecule has 2 heterocycles. The predicted molar refractivity (Wildman–Crippen MR) is 136 cm³/mol. The summed E-state index contributed by atoms with van der Waals surface area (Å²) < 4.78 is 5.40. The second kappa shape index (κ2) is 9.82. The molecule has 1 N–H and O–H groups in total. The Balaban J connectivity index is 1.47. The van der Waals surface area contributed by atoms with E-state index < -0.39 is 0 Å². The van der Waals surface area contributed by atoms with E-state index in [1.165, 1.54) is 5.56 Å². The molecule has 2 saturated heterocycles. The molecule has 0 aromatic heterocycles. The van der Waals surface area contributed by atoms with Gasteiger partial charge in [0.25, 0.3) is 0 Å². The monoisotopic (exact) mass is 470 g/mol. The molecular formula is C26H35ClN4O2. The second-order valence-corrected chi connectivity index (χ2v) is 10.1. The van der Waals surface area contributed by atoms with Crippen LogP contribution in [0.5, 0.6) is 5.75 Å². The number of amides is 2. The summed E-state index contributed by atoms with van der Waals surface area (Å²) in [7, 11) is 1.68. The molecule has 1 atom stereocenters. The molecule has 0 radical (unpaired) electrons. The van der Waals surface area contributed by atoms with E-state index in [9.17, 15) is 4.79 Å². The molecular weight excluding hydrogens is 436 g/mol. The first-order chi connectivity index (χ1) is 15.8. The number of likely N-dealkylation sites (tertiary alicyclic amines) is 1. The molecule has 4 rings (SSSR count). The Morgan fingerprint density at radius 1 is 1.09 bits per heavy atom. The number of halogens is 1. The molecule has 0 spiro atoms. The largest absolute Gasteiger partial charge is 0.497 e. The van der Waals surface area contributed by atoms with Crippen molar-refractivity contribution in [3.8, 4) is 5.75 Å². The Morgan fingerprint density at radius 2 is 1.82 bits per heavy atom. The lowest BCUT2D eigenvalue weighted by Gasteiger charge is -2.39. The van der Waals surface area contributed by atoms with Gasteiger partial charge in [0, 0.05) is 50.7 Å². The van der Waals surface area contributed by atoms with Gasteiger partial charge in [-0.15, -0.1) is 0 Å². The first-order valence-electron chi connectivity index (χ1n) is 11.8. The summed E-state index contributed by atoms with van der Waals surface area (Å²) >= 11 is 6.58. The summed E-state index contributed by atoms with van der Waals surface area (Å²) in [6, 6.07) is 14.4. The van der Waals surface area contributed by atoms with Crippen LogP contribution in [-0.2, 0) is 5.41 Å². The topological polar surface area (TPSA) is 48.1 Å². The number of carbonyl (C=O) groups is 1. The van der Waals surface area contributed by atoms with E-state index in [0.717, 1.165) is 44.0 Å². The smallest absolute Gasteiger partial charge is 0.321 e. The van der Waals surface area contributed by atoms with Crippen molar-refractivity contribution in [1.29, 1.82) is 0 Å². The summed E-state index contributed by atoms with van der Waals surface area (Å²) in [5.41, 5.74) is 2.78. The zero-order valence-electron chi connectivity index (χ0n) is 20.1. The number of carbonyl (C=O) groups excluding carboxylic acids is 1. The number of para-hydroxylation sites is 1. The van der Waals surface area contributed by atoms with Gasteiger partial charge in [0.15, 0.2) is 0 Å². The van der Waals surface area contributed by atoms with Crippen LogP contribution in [0, 0.1) is 0 Å². The third kappa shape index (κ3) is 5.07. The summed E-state index contributed by atoms with van der Waals surface area (Å²) in [6.45, 7) is 11.9. The van der Waals surface area contributed by atoms with Gasteiger partial charge in [-0.3, -0.25) is 4.90 Å². The normalized spacial score (nSPS) is 21.5. The van der Waals surface area contributed by atoms with Crippen molar-refractivity contribution in [2.24, 2.45) is 0 Å². The molecule has 2 aromatic carbocycles. The number of piperazine rings is 1. The number of urea groups is 1. The number of benzene rings is 2. The molecule has 178 valence electrons. The van der Waals surface area contributed by atoms with E-state index in [2.05, 4.69) is 54.1 Å². The third-order valence-corrected chi connectivity index (χ3v) is 7.45. The number of hydrogen-bond acceptors (Lipinski definition) is 4. The highest BCUT2D eigenvalue weighted by atomic mass is 35.5. The third-order valence-electron chi connectivity index (χ3n) is 7.14. The number of anilines is 2. The van der Waals surface area contributed by atoms with Gasteiger partial charge in [-0.05, 0) is 50.1 Å². The molecule has 2 aromatic rings. The van der Waals surface area contributed by atoms with E-state index in [1.807, 2.05) is 29.2 Å². The van der Waals surface area contributed by atoms with Crippen LogP contribution < -0.4 is 15.0 Å². The van der Waals surface area contributed by atoms with E-state index in [4.69, 9.17) is 16.3 Å². The quantitative estimate of drug-likeness (QED) is 0.662. The number of hydrogen-bond donors (Lipinski definition) is 1. The minimum Gasteiger partial charge on any atom is -0.497 e. The number of ether oxygens (including phenoxy) is 1. The highest BCUT2D eigenvalue weighted by molar-refractivity contribution is 6.34. The van der Waals surface area contributed by atoms with Gasteiger partial charge >= 0.3 is 6.03 Å². The van der Waals surface area contributed by atoms with E-state index in [0.29, 0.717) is 29.8 Å². The maximum atomic E-state index is 13.3. The predicted octanol–water partition coefficient (Wildman–Crippen LogP) is 5.07. The van der Waals surface area contributed by atoms with Gasteiger partial charge in [0.05, 0.1) is 23.5 Å². The summed E-state index contributed by atoms with van der Waals surface area (Å²) in [4.78, 5) is 20.0. The number of nitrogens with one attached hydrogen (secondary N) is 1. The van der Waals surface area contributed by atoms with Crippen molar-refractivity contribution in [3.05, 3.63) is 53.1 Å². The van der Waals surface area contributed by atoms with Crippen LogP contribution in [0.1, 0.15) is 32.8 Å². The van der Waals surface area contributed by atoms with Gasteiger partial charge in [0.2, 0.25) is 0 Å². The van der Waals surface area contributed by atoms with Crippen molar-refractivity contribution in [2.75, 3.05) is 56.6 Å². The molecule has 33 heavy (non-hydrogen) atoms. The average molecular weight is 471 g/mol. The molecule has 0 aliphatic carbocycles. The minimum absolute atomic E-state index is 0.100. The summed E-state index contributed by atoms with van der Waals surface area (Å²) in [5.74, 6) is 0.842. The Kier molecular flexibility index (Phi) is 7.05. The van der Waals surface area contributed by atoms with E-state index in [-0.39, 0.29) is 11.4 Å². The molecule has 2 fully saturated rings. The van der Waals surface area contributed by atoms with Crippen LogP contribution in [0.4, 0.5) is 16.2 Å². The molecule has 0 saturated carbocycles. The first kappa shape index (κ1) is 23.7. The SMILES string of the molecule is COc1cccc([C@@]2(C)CCN(C(=O)Nc3c(Cl)cccc3N3CCN(C(C)C)CC3)C2)c1. The molecule has 7 heteroatoms. The number of nitrogens with zero attached hydrogens (tertiary/aromatic N) is 3. The number of methoxy groups -OCH3 is 1. The molecule has 6 nitrogen and oxygen atoms in total. The van der Waals surface area contributed by atoms with Crippen LogP contribution in [0.3, 0.4) is 0 Å². The van der Waals surface area contributed by atoms with Crippen molar-refractivity contribution < 1.29 is 9.53 Å². The molecule has 2 aliphatic heterocycles. The highest BCUT2D eigenvalue weighted by Crippen LogP contribution is 2.38. The lowest BCUT2D eigenvalue weighted by Crippen LogP contribution is -2.49. The van der Waals surface area contributed by atoms with Crippen molar-refractivity contribution >= 4 is 29.0 Å². The van der Waals surface area contributed by atoms with Crippen molar-refractivity contribution in [3.63, 3.8) is 0 Å². The fraction of sp³-hybridized carbons (Fsp3) is 0.500. The first-order valence-corrected chi connectivity index (χ1v) is 12.2. The Labute approximate surface area is 202 Å². The zero-order chi connectivity index (χ0) is 23.6. The number of rotatable bonds is 5. The Morgan fingerprint density at radius 3 is 2.52 bits per heavy atom. The van der Waals surface area contributed by atoms with Crippen LogP contribution in [-0.4, -0.2) is 68.3 Å². The lowest BCUT2D eigenvalue weighted by molar-refractivity contribution is 0.209. The van der Waals surface area contributed by atoms with Gasteiger partial charge in [0.1, 0.15) is 5.75 Å². The fourth-order valence-electron chi connectivity index (χ4n) is 4.93. The Hall–Kier alpha value is -2.44. The van der Waals surface area contributed by atoms with Gasteiger partial charge in [-0.25, -0.2) is 4.79 Å². The second-order valence-electron chi connectivity index (χ2n) is 9.65. The average Bonchev–Trinajstić information content (AvgIpc) is 3.24. The molecule has 0 unspecified atom stereocenters.